The molecule has 35 heavy (non-hydrogen) atoms. The minimum absolute atomic E-state index is 0.0703. The molecule has 8 nitrogen and oxygen atoms in total. The minimum Gasteiger partial charge on any atom is -0.394 e. The molecule has 0 aliphatic carbocycles. The first-order valence-corrected chi connectivity index (χ1v) is 13.6. The fraction of sp³-hybridized carbons (Fsp3) is 0.640. The number of hydrogen-bond donors (Lipinski definition) is 3. The number of likely N-dealkylation sites (tertiary alicyclic amines) is 1. The molecule has 3 N–H and O–H groups in total. The predicted molar refractivity (Wildman–Crippen MR) is 136 cm³/mol. The third-order valence-corrected chi connectivity index (χ3v) is 8.98. The van der Waals surface area contributed by atoms with Crippen LogP contribution in [0.5, 0.6) is 0 Å². The minimum atomic E-state index is -1.18. The van der Waals surface area contributed by atoms with E-state index in [-0.39, 0.29) is 29.2 Å². The fourth-order valence-electron chi connectivity index (χ4n) is 5.97. The van der Waals surface area contributed by atoms with Gasteiger partial charge in [-0.2, -0.15) is 0 Å². The van der Waals surface area contributed by atoms with E-state index in [1.54, 1.807) is 24.3 Å². The largest absolute Gasteiger partial charge is 0.394 e. The Balaban J connectivity index is 1.78. The van der Waals surface area contributed by atoms with E-state index in [0.717, 1.165) is 6.42 Å². The third kappa shape index (κ3) is 4.28. The first-order chi connectivity index (χ1) is 16.7. The molecule has 0 aromatic heterocycles. The lowest BCUT2D eigenvalue weighted by atomic mass is 9.70. The fourth-order valence-corrected chi connectivity index (χ4v) is 7.09. The molecule has 3 fully saturated rings. The summed E-state index contributed by atoms with van der Waals surface area (Å²) >= 11 is 9.96. The standard InChI is InChI=1S/C25H33BrClN3O5/c1-4-10-28-22(32)18-19-24(34)30(17(12-31)13(3)5-2)21(25(19)11-14(26)20(18)35-25)23(33)29-16-9-7-6-8-15(16)27/h6-9,13-14,17-21,31H,4-5,10-12H2,1-3H3,(H,28,32)(H,29,33)/t13-,14?,17-,18-,19-,20-,21?,25?/m0/s1. The van der Waals surface area contributed by atoms with Gasteiger partial charge in [-0.1, -0.05) is 66.9 Å². The van der Waals surface area contributed by atoms with Gasteiger partial charge in [0.15, 0.2) is 0 Å². The molecule has 3 aliphatic rings. The number of fused-ring (bicyclic) bond motifs is 1. The summed E-state index contributed by atoms with van der Waals surface area (Å²) in [6, 6.07) is 5.28. The molecule has 3 aliphatic heterocycles. The topological polar surface area (TPSA) is 108 Å². The molecule has 1 aromatic rings. The molecule has 1 aromatic carbocycles. The van der Waals surface area contributed by atoms with Crippen LogP contribution in [-0.4, -0.2) is 69.5 Å². The van der Waals surface area contributed by atoms with E-state index in [4.69, 9.17) is 16.3 Å². The second-order valence-electron chi connectivity index (χ2n) is 9.80. The maximum atomic E-state index is 14.1. The molecule has 0 radical (unpaired) electrons. The zero-order valence-corrected chi connectivity index (χ0v) is 22.5. The average molecular weight is 571 g/mol. The second kappa shape index (κ2) is 10.4. The molecule has 3 heterocycles. The third-order valence-electron chi connectivity index (χ3n) is 7.80. The van der Waals surface area contributed by atoms with E-state index in [0.29, 0.717) is 30.1 Å². The van der Waals surface area contributed by atoms with E-state index in [2.05, 4.69) is 26.6 Å². The number of alkyl halides is 1. The predicted octanol–water partition coefficient (Wildman–Crippen LogP) is 2.96. The number of para-hydroxylation sites is 1. The van der Waals surface area contributed by atoms with Crippen LogP contribution >= 0.6 is 27.5 Å². The van der Waals surface area contributed by atoms with E-state index >= 15 is 0 Å². The molecule has 1 spiro atoms. The Morgan fingerprint density at radius 3 is 2.66 bits per heavy atom. The average Bonchev–Trinajstić information content (AvgIpc) is 3.43. The number of ether oxygens (including phenoxy) is 1. The molecule has 3 saturated heterocycles. The van der Waals surface area contributed by atoms with Gasteiger partial charge in [-0.05, 0) is 30.9 Å². The number of rotatable bonds is 9. The maximum Gasteiger partial charge on any atom is 0.250 e. The van der Waals surface area contributed by atoms with Gasteiger partial charge >= 0.3 is 0 Å². The zero-order valence-electron chi connectivity index (χ0n) is 20.2. The lowest BCUT2D eigenvalue weighted by molar-refractivity contribution is -0.145. The summed E-state index contributed by atoms with van der Waals surface area (Å²) in [5, 5.41) is 16.5. The number of nitrogens with zero attached hydrogens (tertiary/aromatic N) is 1. The van der Waals surface area contributed by atoms with E-state index in [1.165, 1.54) is 4.90 Å². The van der Waals surface area contributed by atoms with Crippen molar-refractivity contribution in [3.63, 3.8) is 0 Å². The van der Waals surface area contributed by atoms with Crippen LogP contribution in [0.2, 0.25) is 5.02 Å². The van der Waals surface area contributed by atoms with E-state index < -0.39 is 41.5 Å². The van der Waals surface area contributed by atoms with Crippen LogP contribution in [0.4, 0.5) is 5.69 Å². The Labute approximate surface area is 219 Å². The molecule has 4 rings (SSSR count). The van der Waals surface area contributed by atoms with E-state index in [9.17, 15) is 19.5 Å². The normalized spacial score (nSPS) is 32.9. The zero-order chi connectivity index (χ0) is 25.5. The Hall–Kier alpha value is -1.68. The molecular formula is C25H33BrClN3O5. The van der Waals surface area contributed by atoms with Crippen LogP contribution in [0.3, 0.4) is 0 Å². The van der Waals surface area contributed by atoms with E-state index in [1.807, 2.05) is 20.8 Å². The van der Waals surface area contributed by atoms with Crippen molar-refractivity contribution in [2.75, 3.05) is 18.5 Å². The smallest absolute Gasteiger partial charge is 0.250 e. The Morgan fingerprint density at radius 1 is 1.31 bits per heavy atom. The summed E-state index contributed by atoms with van der Waals surface area (Å²) in [4.78, 5) is 42.5. The highest BCUT2D eigenvalue weighted by molar-refractivity contribution is 9.09. The number of anilines is 1. The van der Waals surface area contributed by atoms with Gasteiger partial charge in [0.2, 0.25) is 17.7 Å². The van der Waals surface area contributed by atoms with Gasteiger partial charge in [-0.25, -0.2) is 0 Å². The first-order valence-electron chi connectivity index (χ1n) is 12.3. The molecule has 0 saturated carbocycles. The lowest BCUT2D eigenvalue weighted by Crippen LogP contribution is -2.57. The number of aliphatic hydroxyl groups excluding tert-OH is 1. The monoisotopic (exact) mass is 569 g/mol. The van der Waals surface area contributed by atoms with Crippen LogP contribution in [-0.2, 0) is 19.1 Å². The number of hydrogen-bond acceptors (Lipinski definition) is 5. The molecule has 192 valence electrons. The highest BCUT2D eigenvalue weighted by atomic mass is 79.9. The van der Waals surface area contributed by atoms with Crippen molar-refractivity contribution in [2.24, 2.45) is 17.8 Å². The molecular weight excluding hydrogens is 538 g/mol. The molecule has 2 bridgehead atoms. The summed E-state index contributed by atoms with van der Waals surface area (Å²) in [6.07, 6.45) is 1.36. The number of amides is 3. The van der Waals surface area contributed by atoms with Crippen molar-refractivity contribution in [1.29, 1.82) is 0 Å². The van der Waals surface area contributed by atoms with Crippen LogP contribution in [0.25, 0.3) is 0 Å². The van der Waals surface area contributed by atoms with Gasteiger partial charge < -0.3 is 25.4 Å². The van der Waals surface area contributed by atoms with Crippen molar-refractivity contribution in [3.05, 3.63) is 29.3 Å². The van der Waals surface area contributed by atoms with Gasteiger partial charge in [0.1, 0.15) is 11.6 Å². The summed E-state index contributed by atoms with van der Waals surface area (Å²) < 4.78 is 6.47. The number of halogens is 2. The van der Waals surface area contributed by atoms with Gasteiger partial charge in [0.05, 0.1) is 41.3 Å². The number of nitrogens with one attached hydrogen (secondary N) is 2. The number of aliphatic hydroxyl groups is 1. The Morgan fingerprint density at radius 2 is 2.03 bits per heavy atom. The van der Waals surface area contributed by atoms with Gasteiger partial charge in [-0.3, -0.25) is 14.4 Å². The van der Waals surface area contributed by atoms with Gasteiger partial charge in [0, 0.05) is 11.4 Å². The molecule has 10 heteroatoms. The number of carbonyl (C=O) groups excluding carboxylic acids is 3. The summed E-state index contributed by atoms with van der Waals surface area (Å²) in [5.74, 6) is -2.59. The lowest BCUT2D eigenvalue weighted by Gasteiger charge is -2.38. The summed E-state index contributed by atoms with van der Waals surface area (Å²) in [6.45, 7) is 6.08. The summed E-state index contributed by atoms with van der Waals surface area (Å²) in [5.41, 5.74) is -0.758. The van der Waals surface area contributed by atoms with Crippen LogP contribution < -0.4 is 10.6 Å². The quantitative estimate of drug-likeness (QED) is 0.396. The highest BCUT2D eigenvalue weighted by Crippen LogP contribution is 2.60. The molecule has 8 atom stereocenters. The molecule has 3 amide bonds. The van der Waals surface area contributed by atoms with Crippen molar-refractivity contribution < 1.29 is 24.2 Å². The van der Waals surface area contributed by atoms with Crippen molar-refractivity contribution in [2.45, 2.75) is 68.6 Å². The van der Waals surface area contributed by atoms with Crippen molar-refractivity contribution in [3.8, 4) is 0 Å². The van der Waals surface area contributed by atoms with Crippen LogP contribution in [0.1, 0.15) is 40.0 Å². The maximum absolute atomic E-state index is 14.1. The molecule has 3 unspecified atom stereocenters. The number of carbonyl (C=O) groups is 3. The van der Waals surface area contributed by atoms with Crippen molar-refractivity contribution >= 4 is 50.9 Å². The summed E-state index contributed by atoms with van der Waals surface area (Å²) in [7, 11) is 0. The van der Waals surface area contributed by atoms with Crippen LogP contribution in [0.15, 0.2) is 24.3 Å². The SMILES string of the molecule is CCCNC(=O)[C@H]1[C@H]2C(=O)N([C@@H](CO)[C@@H](C)CC)C(C(=O)Nc3ccccc3Cl)C23CC(Br)[C@@H]1O3. The Kier molecular flexibility index (Phi) is 7.81. The van der Waals surface area contributed by atoms with Gasteiger partial charge in [-0.15, -0.1) is 0 Å². The van der Waals surface area contributed by atoms with Gasteiger partial charge in [0.25, 0.3) is 0 Å². The van der Waals surface area contributed by atoms with Crippen LogP contribution in [0, 0.1) is 17.8 Å². The second-order valence-corrected chi connectivity index (χ2v) is 11.4. The number of benzene rings is 1. The Bertz CT molecular complexity index is 996. The van der Waals surface area contributed by atoms with Crippen molar-refractivity contribution in [1.82, 2.24) is 10.2 Å². The highest BCUT2D eigenvalue weighted by Gasteiger charge is 2.77. The first kappa shape index (κ1) is 26.4.